The Morgan fingerprint density at radius 3 is 2.33 bits per heavy atom. The van der Waals surface area contributed by atoms with E-state index in [2.05, 4.69) is 11.9 Å². The summed E-state index contributed by atoms with van der Waals surface area (Å²) in [5.41, 5.74) is -0.800. The van der Waals surface area contributed by atoms with Crippen molar-refractivity contribution in [2.75, 3.05) is 7.05 Å². The molecule has 0 spiro atoms. The molecule has 0 radical (unpaired) electrons. The molecular formula is C25H27NO4. The summed E-state index contributed by atoms with van der Waals surface area (Å²) in [5, 5.41) is 11.8. The Bertz CT molecular complexity index is 970. The maximum Gasteiger partial charge on any atom is 0.348 e. The lowest BCUT2D eigenvalue weighted by molar-refractivity contribution is -0.174. The first-order valence-corrected chi connectivity index (χ1v) is 11.1. The first kappa shape index (κ1) is 18.4. The van der Waals surface area contributed by atoms with Gasteiger partial charge in [-0.05, 0) is 50.8 Å². The normalized spacial score (nSPS) is 31.4. The molecule has 2 bridgehead atoms. The van der Waals surface area contributed by atoms with E-state index in [4.69, 9.17) is 9.47 Å². The molecule has 3 fully saturated rings. The van der Waals surface area contributed by atoms with E-state index in [1.165, 1.54) is 25.7 Å². The van der Waals surface area contributed by atoms with Crippen molar-refractivity contribution in [2.45, 2.75) is 61.8 Å². The molecule has 1 aliphatic carbocycles. The van der Waals surface area contributed by atoms with E-state index in [0.717, 1.165) is 18.8 Å². The van der Waals surface area contributed by atoms with Crippen molar-refractivity contribution < 1.29 is 19.4 Å². The van der Waals surface area contributed by atoms with Gasteiger partial charge in [-0.2, -0.15) is 0 Å². The van der Waals surface area contributed by atoms with Crippen LogP contribution in [-0.2, 0) is 15.1 Å². The van der Waals surface area contributed by atoms with E-state index >= 15 is 0 Å². The van der Waals surface area contributed by atoms with E-state index in [1.807, 2.05) is 24.3 Å². The van der Waals surface area contributed by atoms with Gasteiger partial charge in [0, 0.05) is 35.5 Å². The molecule has 5 heteroatoms. The van der Waals surface area contributed by atoms with Gasteiger partial charge in [0.15, 0.2) is 0 Å². The van der Waals surface area contributed by atoms with Gasteiger partial charge in [0.25, 0.3) is 0 Å². The Morgan fingerprint density at radius 1 is 1.07 bits per heavy atom. The highest BCUT2D eigenvalue weighted by molar-refractivity contribution is 5.88. The molecule has 30 heavy (non-hydrogen) atoms. The molecule has 2 aromatic carbocycles. The molecule has 3 atom stereocenters. The van der Waals surface area contributed by atoms with Crippen molar-refractivity contribution in [3.05, 3.63) is 59.7 Å². The van der Waals surface area contributed by atoms with Crippen molar-refractivity contribution in [2.24, 2.45) is 5.92 Å². The number of hydrogen-bond donors (Lipinski definition) is 1. The number of fused-ring (bicyclic) bond motifs is 4. The Kier molecular flexibility index (Phi) is 3.87. The first-order valence-electron chi connectivity index (χ1n) is 11.1. The molecule has 6 rings (SSSR count). The lowest BCUT2D eigenvalue weighted by Gasteiger charge is -2.46. The highest BCUT2D eigenvalue weighted by atomic mass is 16.6. The fraction of sp³-hybridized carbons (Fsp3) is 0.480. The van der Waals surface area contributed by atoms with Gasteiger partial charge in [-0.25, -0.2) is 4.79 Å². The molecular weight excluding hydrogens is 378 g/mol. The minimum absolute atomic E-state index is 0.159. The van der Waals surface area contributed by atoms with Crippen LogP contribution in [0, 0.1) is 5.92 Å². The largest absolute Gasteiger partial charge is 0.460 e. The number of benzene rings is 2. The van der Waals surface area contributed by atoms with E-state index < -0.39 is 11.6 Å². The summed E-state index contributed by atoms with van der Waals surface area (Å²) < 4.78 is 12.1. The zero-order chi connectivity index (χ0) is 20.5. The van der Waals surface area contributed by atoms with Crippen molar-refractivity contribution >= 4 is 5.97 Å². The minimum atomic E-state index is -1.86. The molecule has 3 heterocycles. The van der Waals surface area contributed by atoms with Crippen molar-refractivity contribution in [1.82, 2.24) is 4.90 Å². The number of nitrogens with zero attached hydrogens (tertiary/aromatic N) is 1. The number of aliphatic hydroxyl groups is 1. The standard InChI is InChI=1S/C25H27NO4/c1-26-17-12-13-24(26,16-10-11-16)15-18(14-17)29-23(27)25(28)19-6-2-4-8-21(19)30-22-9-5-3-7-20(22)25/h2-9,16-18,28H,10-15H2,1H3. The number of rotatable bonds is 3. The third-order valence-electron chi connectivity index (χ3n) is 7.96. The van der Waals surface area contributed by atoms with Crippen LogP contribution in [0.5, 0.6) is 11.5 Å². The van der Waals surface area contributed by atoms with Crippen LogP contribution >= 0.6 is 0 Å². The number of piperidine rings is 1. The van der Waals surface area contributed by atoms with Crippen LogP contribution in [-0.4, -0.2) is 40.7 Å². The van der Waals surface area contributed by atoms with Crippen LogP contribution in [0.4, 0.5) is 0 Å². The zero-order valence-electron chi connectivity index (χ0n) is 17.2. The fourth-order valence-corrected chi connectivity index (χ4v) is 6.25. The highest BCUT2D eigenvalue weighted by Gasteiger charge is 2.58. The molecule has 0 amide bonds. The molecule has 1 saturated carbocycles. The van der Waals surface area contributed by atoms with Crippen LogP contribution < -0.4 is 4.74 Å². The lowest BCUT2D eigenvalue weighted by Crippen LogP contribution is -2.55. The van der Waals surface area contributed by atoms with Gasteiger partial charge < -0.3 is 14.6 Å². The van der Waals surface area contributed by atoms with Crippen LogP contribution in [0.25, 0.3) is 0 Å². The Hall–Kier alpha value is -2.37. The Balaban J connectivity index is 1.34. The molecule has 0 aromatic heterocycles. The number of carbonyl (C=O) groups excluding carboxylic acids is 1. The van der Waals surface area contributed by atoms with Crippen molar-refractivity contribution in [1.29, 1.82) is 0 Å². The summed E-state index contributed by atoms with van der Waals surface area (Å²) in [7, 11) is 2.24. The van der Waals surface area contributed by atoms with Gasteiger partial charge in [0.1, 0.15) is 17.6 Å². The molecule has 5 nitrogen and oxygen atoms in total. The van der Waals surface area contributed by atoms with Gasteiger partial charge >= 0.3 is 5.97 Å². The topological polar surface area (TPSA) is 59.0 Å². The van der Waals surface area contributed by atoms with E-state index in [1.54, 1.807) is 24.3 Å². The predicted molar refractivity (Wildman–Crippen MR) is 111 cm³/mol. The van der Waals surface area contributed by atoms with Crippen LogP contribution in [0.15, 0.2) is 48.5 Å². The summed E-state index contributed by atoms with van der Waals surface area (Å²) in [6, 6.07) is 14.8. The van der Waals surface area contributed by atoms with Gasteiger partial charge in [-0.1, -0.05) is 36.4 Å². The second-order valence-electron chi connectivity index (χ2n) is 9.45. The number of ether oxygens (including phenoxy) is 2. The number of carbonyl (C=O) groups is 1. The van der Waals surface area contributed by atoms with Gasteiger partial charge in [0.05, 0.1) is 0 Å². The summed E-state index contributed by atoms with van der Waals surface area (Å²) in [6.45, 7) is 0. The van der Waals surface area contributed by atoms with Crippen LogP contribution in [0.3, 0.4) is 0 Å². The second kappa shape index (κ2) is 6.32. The van der Waals surface area contributed by atoms with Crippen LogP contribution in [0.2, 0.25) is 0 Å². The summed E-state index contributed by atoms with van der Waals surface area (Å²) in [4.78, 5) is 16.1. The summed E-state index contributed by atoms with van der Waals surface area (Å²) in [5.74, 6) is 1.12. The smallest absolute Gasteiger partial charge is 0.348 e. The average molecular weight is 405 g/mol. The van der Waals surface area contributed by atoms with Crippen molar-refractivity contribution in [3.63, 3.8) is 0 Å². The summed E-state index contributed by atoms with van der Waals surface area (Å²) in [6.07, 6.45) is 6.47. The monoisotopic (exact) mass is 405 g/mol. The number of esters is 1. The zero-order valence-corrected chi connectivity index (χ0v) is 17.2. The third kappa shape index (κ3) is 2.45. The summed E-state index contributed by atoms with van der Waals surface area (Å²) >= 11 is 0. The maximum atomic E-state index is 13.6. The maximum absolute atomic E-state index is 13.6. The van der Waals surface area contributed by atoms with Gasteiger partial charge in [-0.15, -0.1) is 0 Å². The van der Waals surface area contributed by atoms with E-state index in [0.29, 0.717) is 28.7 Å². The Labute approximate surface area is 176 Å². The quantitative estimate of drug-likeness (QED) is 0.783. The van der Waals surface area contributed by atoms with Crippen molar-refractivity contribution in [3.8, 4) is 11.5 Å². The van der Waals surface area contributed by atoms with Gasteiger partial charge in [-0.3, -0.25) is 4.90 Å². The average Bonchev–Trinajstić information content (AvgIpc) is 3.58. The second-order valence-corrected chi connectivity index (χ2v) is 9.45. The fourth-order valence-electron chi connectivity index (χ4n) is 6.25. The molecule has 156 valence electrons. The lowest BCUT2D eigenvalue weighted by atomic mass is 9.81. The Morgan fingerprint density at radius 2 is 1.70 bits per heavy atom. The number of hydrogen-bond acceptors (Lipinski definition) is 5. The van der Waals surface area contributed by atoms with E-state index in [9.17, 15) is 9.90 Å². The van der Waals surface area contributed by atoms with E-state index in [-0.39, 0.29) is 11.6 Å². The highest BCUT2D eigenvalue weighted by Crippen LogP contribution is 2.56. The predicted octanol–water partition coefficient (Wildman–Crippen LogP) is 3.98. The molecule has 4 aliphatic rings. The molecule has 3 aliphatic heterocycles. The first-order chi connectivity index (χ1) is 14.5. The number of para-hydroxylation sites is 2. The van der Waals surface area contributed by atoms with Crippen LogP contribution in [0.1, 0.15) is 49.7 Å². The SMILES string of the molecule is CN1C2CCC1(C1CC1)CC(OC(=O)C1(O)c3ccccc3Oc3ccccc31)C2. The molecule has 3 unspecified atom stereocenters. The van der Waals surface area contributed by atoms with Gasteiger partial charge in [0.2, 0.25) is 5.60 Å². The molecule has 2 aromatic rings. The third-order valence-corrected chi connectivity index (χ3v) is 7.96. The minimum Gasteiger partial charge on any atom is -0.460 e. The molecule has 2 saturated heterocycles. The molecule has 1 N–H and O–H groups in total.